The molecule has 1 amide bonds. The van der Waals surface area contributed by atoms with Crippen molar-refractivity contribution < 1.29 is 9.53 Å². The van der Waals surface area contributed by atoms with Crippen LogP contribution in [0.4, 0.5) is 0 Å². The molecule has 110 valence electrons. The van der Waals surface area contributed by atoms with Crippen molar-refractivity contribution in [3.63, 3.8) is 0 Å². The Balaban J connectivity index is 2.01. The van der Waals surface area contributed by atoms with Crippen molar-refractivity contribution in [3.05, 3.63) is 30.3 Å². The van der Waals surface area contributed by atoms with Crippen LogP contribution >= 0.6 is 0 Å². The largest absolute Gasteiger partial charge is 0.481 e. The lowest BCUT2D eigenvalue weighted by atomic mass is 9.91. The van der Waals surface area contributed by atoms with Crippen LogP contribution in [0.1, 0.15) is 33.6 Å². The number of amides is 1. The first-order valence-corrected chi connectivity index (χ1v) is 7.60. The third kappa shape index (κ3) is 3.75. The first kappa shape index (κ1) is 14.9. The van der Waals surface area contributed by atoms with E-state index in [9.17, 15) is 4.79 Å². The quantitative estimate of drug-likeness (QED) is 0.843. The maximum atomic E-state index is 12.6. The van der Waals surface area contributed by atoms with Gasteiger partial charge in [-0.2, -0.15) is 0 Å². The average Bonchev–Trinajstić information content (AvgIpc) is 2.44. The second-order valence-electron chi connectivity index (χ2n) is 6.02. The van der Waals surface area contributed by atoms with Crippen molar-refractivity contribution in [2.24, 2.45) is 11.8 Å². The topological polar surface area (TPSA) is 29.5 Å². The first-order chi connectivity index (χ1) is 9.60. The number of piperidine rings is 1. The second kappa shape index (κ2) is 6.78. The fourth-order valence-electron chi connectivity index (χ4n) is 3.02. The van der Waals surface area contributed by atoms with Gasteiger partial charge in [-0.3, -0.25) is 4.79 Å². The molecule has 0 N–H and O–H groups in total. The molecular formula is C17H25NO2. The van der Waals surface area contributed by atoms with Crippen LogP contribution in [0.2, 0.25) is 0 Å². The Morgan fingerprint density at radius 2 is 1.85 bits per heavy atom. The summed E-state index contributed by atoms with van der Waals surface area (Å²) in [7, 11) is 0. The fraction of sp³-hybridized carbons (Fsp3) is 0.588. The second-order valence-corrected chi connectivity index (χ2v) is 6.02. The highest BCUT2D eigenvalue weighted by Gasteiger charge is 2.30. The summed E-state index contributed by atoms with van der Waals surface area (Å²) in [6, 6.07) is 9.60. The van der Waals surface area contributed by atoms with E-state index in [1.165, 1.54) is 6.42 Å². The predicted octanol–water partition coefficient (Wildman–Crippen LogP) is 3.35. The lowest BCUT2D eigenvalue weighted by molar-refractivity contribution is -0.141. The molecule has 0 aromatic heterocycles. The van der Waals surface area contributed by atoms with Gasteiger partial charge in [0.15, 0.2) is 6.10 Å². The Hall–Kier alpha value is -1.51. The minimum Gasteiger partial charge on any atom is -0.481 e. The molecule has 0 aliphatic carbocycles. The van der Waals surface area contributed by atoms with Gasteiger partial charge in [-0.1, -0.05) is 39.0 Å². The highest BCUT2D eigenvalue weighted by atomic mass is 16.5. The van der Waals surface area contributed by atoms with Crippen molar-refractivity contribution in [2.75, 3.05) is 13.1 Å². The molecule has 0 unspecified atom stereocenters. The molecule has 0 radical (unpaired) electrons. The van der Waals surface area contributed by atoms with E-state index in [1.54, 1.807) is 0 Å². The SMILES string of the molecule is CC[C@H](Oc1ccccc1)C(=O)N1C[C@H](C)C[C@@H](C)C1. The van der Waals surface area contributed by atoms with Gasteiger partial charge >= 0.3 is 0 Å². The van der Waals surface area contributed by atoms with Crippen molar-refractivity contribution in [3.8, 4) is 5.75 Å². The third-order valence-electron chi connectivity index (χ3n) is 3.85. The van der Waals surface area contributed by atoms with Gasteiger partial charge in [-0.25, -0.2) is 0 Å². The van der Waals surface area contributed by atoms with Crippen LogP contribution in [0, 0.1) is 11.8 Å². The van der Waals surface area contributed by atoms with E-state index in [2.05, 4.69) is 13.8 Å². The Labute approximate surface area is 121 Å². The van der Waals surface area contributed by atoms with Gasteiger partial charge in [0.2, 0.25) is 0 Å². The summed E-state index contributed by atoms with van der Waals surface area (Å²) < 4.78 is 5.86. The van der Waals surface area contributed by atoms with Gasteiger partial charge in [0.1, 0.15) is 5.75 Å². The number of nitrogens with zero attached hydrogens (tertiary/aromatic N) is 1. The zero-order valence-corrected chi connectivity index (χ0v) is 12.7. The molecule has 1 aliphatic rings. The average molecular weight is 275 g/mol. The van der Waals surface area contributed by atoms with Crippen LogP contribution in [-0.2, 0) is 4.79 Å². The van der Waals surface area contributed by atoms with E-state index in [4.69, 9.17) is 4.74 Å². The number of hydrogen-bond donors (Lipinski definition) is 0. The summed E-state index contributed by atoms with van der Waals surface area (Å²) in [5.74, 6) is 2.06. The molecule has 0 spiro atoms. The number of rotatable bonds is 4. The molecule has 1 heterocycles. The number of carbonyl (C=O) groups is 1. The van der Waals surface area contributed by atoms with E-state index < -0.39 is 0 Å². The zero-order chi connectivity index (χ0) is 14.5. The zero-order valence-electron chi connectivity index (χ0n) is 12.7. The van der Waals surface area contributed by atoms with Gasteiger partial charge in [0.25, 0.3) is 5.91 Å². The highest BCUT2D eigenvalue weighted by Crippen LogP contribution is 2.23. The molecule has 0 saturated carbocycles. The molecule has 1 saturated heterocycles. The molecular weight excluding hydrogens is 250 g/mol. The Morgan fingerprint density at radius 1 is 1.25 bits per heavy atom. The normalized spacial score (nSPS) is 24.2. The van der Waals surface area contributed by atoms with E-state index in [1.807, 2.05) is 42.2 Å². The molecule has 3 atom stereocenters. The molecule has 0 bridgehead atoms. The van der Waals surface area contributed by atoms with Gasteiger partial charge in [-0.15, -0.1) is 0 Å². The summed E-state index contributed by atoms with van der Waals surface area (Å²) in [6.45, 7) is 8.15. The number of para-hydroxylation sites is 1. The van der Waals surface area contributed by atoms with Crippen LogP contribution in [-0.4, -0.2) is 30.0 Å². The molecule has 1 aromatic rings. The summed E-state index contributed by atoms with van der Waals surface area (Å²) in [6.07, 6.45) is 1.54. The molecule has 1 aromatic carbocycles. The molecule has 1 fully saturated rings. The van der Waals surface area contributed by atoms with E-state index in [-0.39, 0.29) is 12.0 Å². The van der Waals surface area contributed by atoms with Crippen LogP contribution < -0.4 is 4.74 Å². The third-order valence-corrected chi connectivity index (χ3v) is 3.85. The first-order valence-electron chi connectivity index (χ1n) is 7.60. The van der Waals surface area contributed by atoms with E-state index in [0.29, 0.717) is 18.3 Å². The summed E-state index contributed by atoms with van der Waals surface area (Å²) in [5.41, 5.74) is 0. The smallest absolute Gasteiger partial charge is 0.263 e. The molecule has 20 heavy (non-hydrogen) atoms. The number of benzene rings is 1. The lowest BCUT2D eigenvalue weighted by Gasteiger charge is -2.36. The maximum absolute atomic E-state index is 12.6. The standard InChI is InChI=1S/C17H25NO2/c1-4-16(20-15-8-6-5-7-9-15)17(19)18-11-13(2)10-14(3)12-18/h5-9,13-14,16H,4,10-12H2,1-3H3/t13-,14-,16+/m1/s1. The Bertz CT molecular complexity index is 422. The van der Waals surface area contributed by atoms with Crippen LogP contribution in [0.25, 0.3) is 0 Å². The number of hydrogen-bond acceptors (Lipinski definition) is 2. The molecule has 1 aliphatic heterocycles. The van der Waals surface area contributed by atoms with Crippen LogP contribution in [0.5, 0.6) is 5.75 Å². The van der Waals surface area contributed by atoms with Gasteiger partial charge in [0, 0.05) is 13.1 Å². The summed E-state index contributed by atoms with van der Waals surface area (Å²) >= 11 is 0. The summed E-state index contributed by atoms with van der Waals surface area (Å²) in [5, 5.41) is 0. The monoisotopic (exact) mass is 275 g/mol. The lowest BCUT2D eigenvalue weighted by Crippen LogP contribution is -2.48. The van der Waals surface area contributed by atoms with E-state index >= 15 is 0 Å². The number of ether oxygens (including phenoxy) is 1. The molecule has 2 rings (SSSR count). The van der Waals surface area contributed by atoms with Crippen molar-refractivity contribution in [2.45, 2.75) is 39.7 Å². The van der Waals surface area contributed by atoms with Crippen molar-refractivity contribution in [1.82, 2.24) is 4.90 Å². The fourth-order valence-corrected chi connectivity index (χ4v) is 3.02. The number of carbonyl (C=O) groups excluding carboxylic acids is 1. The number of likely N-dealkylation sites (tertiary alicyclic amines) is 1. The Kier molecular flexibility index (Phi) is 5.05. The maximum Gasteiger partial charge on any atom is 0.263 e. The van der Waals surface area contributed by atoms with Gasteiger partial charge in [0.05, 0.1) is 0 Å². The minimum absolute atomic E-state index is 0.134. The molecule has 3 heteroatoms. The summed E-state index contributed by atoms with van der Waals surface area (Å²) in [4.78, 5) is 14.6. The highest BCUT2D eigenvalue weighted by molar-refractivity contribution is 5.81. The van der Waals surface area contributed by atoms with E-state index in [0.717, 1.165) is 18.8 Å². The Morgan fingerprint density at radius 3 is 2.40 bits per heavy atom. The predicted molar refractivity (Wildman–Crippen MR) is 80.7 cm³/mol. The minimum atomic E-state index is -0.366. The van der Waals surface area contributed by atoms with Crippen molar-refractivity contribution in [1.29, 1.82) is 0 Å². The van der Waals surface area contributed by atoms with Crippen LogP contribution in [0.15, 0.2) is 30.3 Å². The van der Waals surface area contributed by atoms with Crippen molar-refractivity contribution >= 4 is 5.91 Å². The molecule has 3 nitrogen and oxygen atoms in total. The van der Waals surface area contributed by atoms with Gasteiger partial charge in [-0.05, 0) is 36.8 Å². The van der Waals surface area contributed by atoms with Crippen LogP contribution in [0.3, 0.4) is 0 Å². The van der Waals surface area contributed by atoms with Gasteiger partial charge < -0.3 is 9.64 Å².